The largest absolute Gasteiger partial charge is 0.475 e. The SMILES string of the molecule is C/C(C(=N)OCC(C)(C)O)=C(/N)c1cc(C(=O)N2CC(c3ccc(C#N)cc3)C2)ccc1C. The lowest BCUT2D eigenvalue weighted by Gasteiger charge is -2.39. The van der Waals surface area contributed by atoms with Gasteiger partial charge in [0.1, 0.15) is 6.61 Å². The first-order valence-electron chi connectivity index (χ1n) is 10.8. The number of hydrogen-bond acceptors (Lipinski definition) is 6. The van der Waals surface area contributed by atoms with E-state index in [1.165, 1.54) is 0 Å². The Morgan fingerprint density at radius 3 is 2.48 bits per heavy atom. The molecule has 1 aliphatic rings. The molecule has 33 heavy (non-hydrogen) atoms. The van der Waals surface area contributed by atoms with Crippen LogP contribution in [0.3, 0.4) is 0 Å². The Labute approximate surface area is 194 Å². The zero-order chi connectivity index (χ0) is 24.3. The number of benzene rings is 2. The lowest BCUT2D eigenvalue weighted by molar-refractivity contribution is 0.0236. The van der Waals surface area contributed by atoms with E-state index in [1.807, 2.05) is 25.1 Å². The van der Waals surface area contributed by atoms with Gasteiger partial charge in [0.15, 0.2) is 0 Å². The fraction of sp³-hybridized carbons (Fsp3) is 0.346. The Hall–Kier alpha value is -3.63. The number of ether oxygens (including phenoxy) is 1. The molecule has 0 bridgehead atoms. The van der Waals surface area contributed by atoms with Gasteiger partial charge in [0.05, 0.1) is 17.2 Å². The van der Waals surface area contributed by atoms with Crippen LogP contribution in [-0.4, -0.2) is 47.1 Å². The predicted octanol–water partition coefficient (Wildman–Crippen LogP) is 3.56. The zero-order valence-corrected chi connectivity index (χ0v) is 19.5. The van der Waals surface area contributed by atoms with Crippen LogP contribution in [0.5, 0.6) is 0 Å². The second-order valence-electron chi connectivity index (χ2n) is 9.14. The lowest BCUT2D eigenvalue weighted by Crippen LogP contribution is -2.48. The van der Waals surface area contributed by atoms with Crippen molar-refractivity contribution in [2.45, 2.75) is 39.2 Å². The highest BCUT2D eigenvalue weighted by molar-refractivity contribution is 6.00. The number of hydrogen-bond donors (Lipinski definition) is 3. The molecule has 7 nitrogen and oxygen atoms in total. The van der Waals surface area contributed by atoms with Crippen LogP contribution in [0.1, 0.15) is 59.3 Å². The molecule has 4 N–H and O–H groups in total. The van der Waals surface area contributed by atoms with Crippen LogP contribution < -0.4 is 5.73 Å². The minimum Gasteiger partial charge on any atom is -0.475 e. The quantitative estimate of drug-likeness (QED) is 0.462. The molecule has 0 radical (unpaired) electrons. The summed E-state index contributed by atoms with van der Waals surface area (Å²) >= 11 is 0. The van der Waals surface area contributed by atoms with Gasteiger partial charge in [-0.05, 0) is 63.1 Å². The third-order valence-corrected chi connectivity index (χ3v) is 5.77. The van der Waals surface area contributed by atoms with E-state index < -0.39 is 5.60 Å². The van der Waals surface area contributed by atoms with Crippen molar-refractivity contribution in [3.63, 3.8) is 0 Å². The summed E-state index contributed by atoms with van der Waals surface area (Å²) in [6.07, 6.45) is 0. The molecule has 1 amide bonds. The summed E-state index contributed by atoms with van der Waals surface area (Å²) in [7, 11) is 0. The molecular formula is C26H30N4O3. The predicted molar refractivity (Wildman–Crippen MR) is 128 cm³/mol. The third kappa shape index (κ3) is 5.60. The Morgan fingerprint density at radius 1 is 1.27 bits per heavy atom. The fourth-order valence-electron chi connectivity index (χ4n) is 3.59. The second-order valence-corrected chi connectivity index (χ2v) is 9.14. The Morgan fingerprint density at radius 2 is 1.91 bits per heavy atom. The normalized spacial score (nSPS) is 14.7. The highest BCUT2D eigenvalue weighted by Gasteiger charge is 2.32. The first kappa shape index (κ1) is 24.0. The highest BCUT2D eigenvalue weighted by atomic mass is 16.5. The van der Waals surface area contributed by atoms with Crippen molar-refractivity contribution >= 4 is 17.5 Å². The molecule has 2 aromatic rings. The van der Waals surface area contributed by atoms with E-state index in [0.29, 0.717) is 41.1 Å². The molecule has 0 aliphatic carbocycles. The number of amides is 1. The Bertz CT molecular complexity index is 1130. The first-order chi connectivity index (χ1) is 15.5. The maximum absolute atomic E-state index is 13.0. The molecule has 3 rings (SSSR count). The van der Waals surface area contributed by atoms with Crippen LogP contribution in [-0.2, 0) is 4.74 Å². The first-order valence-corrected chi connectivity index (χ1v) is 10.8. The number of nitriles is 1. The number of likely N-dealkylation sites (tertiary alicyclic amines) is 1. The summed E-state index contributed by atoms with van der Waals surface area (Å²) in [6.45, 7) is 8.00. The molecule has 0 aromatic heterocycles. The van der Waals surface area contributed by atoms with Crippen molar-refractivity contribution in [3.05, 3.63) is 75.9 Å². The number of carbonyl (C=O) groups excluding carboxylic acids is 1. The molecule has 7 heteroatoms. The molecule has 0 atom stereocenters. The van der Waals surface area contributed by atoms with Crippen LogP contribution in [0.15, 0.2) is 48.0 Å². The molecule has 1 aliphatic heterocycles. The molecule has 2 aromatic carbocycles. The average Bonchev–Trinajstić information content (AvgIpc) is 2.75. The van der Waals surface area contributed by atoms with Crippen LogP contribution in [0, 0.1) is 23.7 Å². The number of aliphatic hydroxyl groups is 1. The number of rotatable bonds is 6. The van der Waals surface area contributed by atoms with Gasteiger partial charge < -0.3 is 20.5 Å². The monoisotopic (exact) mass is 446 g/mol. The maximum Gasteiger partial charge on any atom is 0.253 e. The molecule has 0 spiro atoms. The van der Waals surface area contributed by atoms with E-state index in [1.54, 1.807) is 49.9 Å². The van der Waals surface area contributed by atoms with Crippen molar-refractivity contribution in [2.75, 3.05) is 19.7 Å². The molecular weight excluding hydrogens is 416 g/mol. The lowest BCUT2D eigenvalue weighted by atomic mass is 9.90. The van der Waals surface area contributed by atoms with Crippen molar-refractivity contribution in [3.8, 4) is 6.07 Å². The number of carbonyl (C=O) groups is 1. The van der Waals surface area contributed by atoms with Gasteiger partial charge in [-0.3, -0.25) is 10.2 Å². The molecule has 1 saturated heterocycles. The van der Waals surface area contributed by atoms with Crippen molar-refractivity contribution in [2.24, 2.45) is 5.73 Å². The van der Waals surface area contributed by atoms with Gasteiger partial charge in [-0.2, -0.15) is 5.26 Å². The topological polar surface area (TPSA) is 123 Å². The minimum absolute atomic E-state index is 0.0245. The zero-order valence-electron chi connectivity index (χ0n) is 19.5. The Balaban J connectivity index is 1.72. The molecule has 1 heterocycles. The molecule has 1 fully saturated rings. The molecule has 0 saturated carbocycles. The summed E-state index contributed by atoms with van der Waals surface area (Å²) in [6, 6.07) is 15.0. The van der Waals surface area contributed by atoms with Crippen LogP contribution in [0.4, 0.5) is 0 Å². The van der Waals surface area contributed by atoms with Crippen molar-refractivity contribution in [1.82, 2.24) is 4.90 Å². The summed E-state index contributed by atoms with van der Waals surface area (Å²) in [4.78, 5) is 14.8. The van der Waals surface area contributed by atoms with Gasteiger partial charge in [-0.15, -0.1) is 0 Å². The van der Waals surface area contributed by atoms with Gasteiger partial charge in [0.25, 0.3) is 5.91 Å². The Kier molecular flexibility index (Phi) is 6.89. The van der Waals surface area contributed by atoms with Gasteiger partial charge >= 0.3 is 0 Å². The van der Waals surface area contributed by atoms with Crippen LogP contribution >= 0.6 is 0 Å². The summed E-state index contributed by atoms with van der Waals surface area (Å²) in [5.74, 6) is 0.0749. The van der Waals surface area contributed by atoms with Gasteiger partial charge in [0, 0.05) is 41.4 Å². The van der Waals surface area contributed by atoms with Crippen LogP contribution in [0.25, 0.3) is 5.70 Å². The van der Waals surface area contributed by atoms with Gasteiger partial charge in [-0.25, -0.2) is 0 Å². The van der Waals surface area contributed by atoms with E-state index in [2.05, 4.69) is 6.07 Å². The van der Waals surface area contributed by atoms with E-state index in [4.69, 9.17) is 21.1 Å². The van der Waals surface area contributed by atoms with Crippen molar-refractivity contribution in [1.29, 1.82) is 10.7 Å². The number of nitrogens with zero attached hydrogens (tertiary/aromatic N) is 2. The van der Waals surface area contributed by atoms with E-state index in [-0.39, 0.29) is 24.3 Å². The van der Waals surface area contributed by atoms with E-state index in [0.717, 1.165) is 11.1 Å². The van der Waals surface area contributed by atoms with Crippen LogP contribution in [0.2, 0.25) is 0 Å². The van der Waals surface area contributed by atoms with E-state index in [9.17, 15) is 9.90 Å². The minimum atomic E-state index is -1.06. The third-order valence-electron chi connectivity index (χ3n) is 5.77. The molecule has 0 unspecified atom stereocenters. The van der Waals surface area contributed by atoms with E-state index >= 15 is 0 Å². The highest BCUT2D eigenvalue weighted by Crippen LogP contribution is 2.29. The fourth-order valence-corrected chi connectivity index (χ4v) is 3.59. The smallest absolute Gasteiger partial charge is 0.253 e. The molecule has 172 valence electrons. The van der Waals surface area contributed by atoms with Gasteiger partial charge in [-0.1, -0.05) is 18.2 Å². The second kappa shape index (κ2) is 9.47. The van der Waals surface area contributed by atoms with Gasteiger partial charge in [0.2, 0.25) is 5.90 Å². The summed E-state index contributed by atoms with van der Waals surface area (Å²) in [5, 5.41) is 26.9. The maximum atomic E-state index is 13.0. The summed E-state index contributed by atoms with van der Waals surface area (Å²) in [5.41, 5.74) is 9.93. The number of nitrogens with two attached hydrogens (primary N) is 1. The van der Waals surface area contributed by atoms with Crippen molar-refractivity contribution < 1.29 is 14.6 Å². The standard InChI is InChI=1S/C26H30N4O3/c1-16-5-8-20(11-22(16)23(28)17(2)24(29)33-15-26(3,4)32)25(31)30-13-21(14-30)19-9-6-18(12-27)7-10-19/h5-11,21,29,32H,13-15,28H2,1-4H3/b23-17-,29-24?. The number of aryl methyl sites for hydroxylation is 1. The summed E-state index contributed by atoms with van der Waals surface area (Å²) < 4.78 is 5.36. The number of nitrogens with one attached hydrogen (secondary N) is 1. The average molecular weight is 447 g/mol.